The molecule has 1 aromatic rings. The third-order valence-electron chi connectivity index (χ3n) is 3.45. The van der Waals surface area contributed by atoms with Crippen molar-refractivity contribution in [3.05, 3.63) is 24.3 Å². The van der Waals surface area contributed by atoms with Gasteiger partial charge >= 0.3 is 0 Å². The average Bonchev–Trinajstić information content (AvgIpc) is 2.38. The topological polar surface area (TPSA) is 15.3 Å². The monoisotopic (exact) mass is 264 g/mol. The number of nitrogens with zero attached hydrogens (tertiary/aromatic N) is 1. The molecule has 100 valence electrons. The summed E-state index contributed by atoms with van der Waals surface area (Å²) in [6, 6.07) is 9.59. The first-order valence-electron chi connectivity index (χ1n) is 6.81. The number of hydrogen-bond donors (Lipinski definition) is 1. The predicted octanol–water partition coefficient (Wildman–Crippen LogP) is 3.23. The van der Waals surface area contributed by atoms with Crippen molar-refractivity contribution in [2.75, 3.05) is 30.8 Å². The normalized spacial score (nSPS) is 20.4. The second kappa shape index (κ2) is 6.48. The summed E-state index contributed by atoms with van der Waals surface area (Å²) in [5.41, 5.74) is 1.36. The summed E-state index contributed by atoms with van der Waals surface area (Å²) in [6.45, 7) is 7.95. The Hall–Kier alpha value is -0.670. The minimum atomic E-state index is 0.638. The highest BCUT2D eigenvalue weighted by Gasteiger charge is 2.20. The number of nitrogens with one attached hydrogen (secondary N) is 1. The summed E-state index contributed by atoms with van der Waals surface area (Å²) >= 11 is 1.80. The van der Waals surface area contributed by atoms with E-state index in [0.717, 1.165) is 25.6 Å². The average molecular weight is 264 g/mol. The Labute approximate surface area is 115 Å². The SMILES string of the molecule is CSc1ccc(N2CCNC(CC(C)C)C2)cc1. The van der Waals surface area contributed by atoms with Gasteiger partial charge in [-0.15, -0.1) is 11.8 Å². The van der Waals surface area contributed by atoms with Gasteiger partial charge in [-0.05, 0) is 42.9 Å². The summed E-state index contributed by atoms with van der Waals surface area (Å²) in [5, 5.41) is 3.63. The van der Waals surface area contributed by atoms with Crippen LogP contribution in [-0.2, 0) is 0 Å². The van der Waals surface area contributed by atoms with Crippen LogP contribution in [0.2, 0.25) is 0 Å². The van der Waals surface area contributed by atoms with Crippen LogP contribution in [-0.4, -0.2) is 31.9 Å². The lowest BCUT2D eigenvalue weighted by Crippen LogP contribution is -2.51. The van der Waals surface area contributed by atoms with Crippen LogP contribution >= 0.6 is 11.8 Å². The Morgan fingerprint density at radius 1 is 1.33 bits per heavy atom. The molecule has 1 aliphatic heterocycles. The molecule has 2 rings (SSSR count). The van der Waals surface area contributed by atoms with Crippen LogP contribution in [0, 0.1) is 5.92 Å². The lowest BCUT2D eigenvalue weighted by molar-refractivity contribution is 0.388. The van der Waals surface area contributed by atoms with E-state index in [0.29, 0.717) is 6.04 Å². The van der Waals surface area contributed by atoms with Crippen LogP contribution in [0.1, 0.15) is 20.3 Å². The van der Waals surface area contributed by atoms with Crippen LogP contribution in [0.15, 0.2) is 29.2 Å². The maximum absolute atomic E-state index is 3.63. The van der Waals surface area contributed by atoms with Gasteiger partial charge < -0.3 is 10.2 Å². The number of piperazine rings is 1. The fourth-order valence-corrected chi connectivity index (χ4v) is 2.99. The van der Waals surface area contributed by atoms with E-state index in [9.17, 15) is 0 Å². The second-order valence-corrected chi connectivity index (χ2v) is 6.30. The van der Waals surface area contributed by atoms with Gasteiger partial charge in [0, 0.05) is 36.3 Å². The molecule has 1 aliphatic rings. The van der Waals surface area contributed by atoms with E-state index in [2.05, 4.69) is 54.6 Å². The molecule has 1 heterocycles. The van der Waals surface area contributed by atoms with E-state index in [-0.39, 0.29) is 0 Å². The fraction of sp³-hybridized carbons (Fsp3) is 0.600. The highest BCUT2D eigenvalue weighted by atomic mass is 32.2. The Morgan fingerprint density at radius 2 is 2.06 bits per heavy atom. The molecule has 0 saturated carbocycles. The van der Waals surface area contributed by atoms with Gasteiger partial charge in [0.1, 0.15) is 0 Å². The predicted molar refractivity (Wildman–Crippen MR) is 81.7 cm³/mol. The van der Waals surface area contributed by atoms with E-state index < -0.39 is 0 Å². The molecule has 2 nitrogen and oxygen atoms in total. The fourth-order valence-electron chi connectivity index (χ4n) is 2.58. The highest BCUT2D eigenvalue weighted by Crippen LogP contribution is 2.22. The van der Waals surface area contributed by atoms with Crippen molar-refractivity contribution in [3.8, 4) is 0 Å². The molecular formula is C15H24N2S. The largest absolute Gasteiger partial charge is 0.369 e. The van der Waals surface area contributed by atoms with Gasteiger partial charge in [0.25, 0.3) is 0 Å². The molecule has 1 atom stereocenters. The molecule has 0 aliphatic carbocycles. The highest BCUT2D eigenvalue weighted by molar-refractivity contribution is 7.98. The van der Waals surface area contributed by atoms with Gasteiger partial charge in [0.2, 0.25) is 0 Å². The molecule has 0 spiro atoms. The number of benzene rings is 1. The van der Waals surface area contributed by atoms with Crippen molar-refractivity contribution < 1.29 is 0 Å². The van der Waals surface area contributed by atoms with Gasteiger partial charge in [-0.2, -0.15) is 0 Å². The van der Waals surface area contributed by atoms with Crippen molar-refractivity contribution in [2.24, 2.45) is 5.92 Å². The van der Waals surface area contributed by atoms with E-state index in [1.54, 1.807) is 11.8 Å². The van der Waals surface area contributed by atoms with E-state index >= 15 is 0 Å². The summed E-state index contributed by atoms with van der Waals surface area (Å²) in [6.07, 6.45) is 3.39. The van der Waals surface area contributed by atoms with Crippen LogP contribution in [0.4, 0.5) is 5.69 Å². The number of thioether (sulfide) groups is 1. The van der Waals surface area contributed by atoms with Gasteiger partial charge in [-0.3, -0.25) is 0 Å². The van der Waals surface area contributed by atoms with Gasteiger partial charge in [0.15, 0.2) is 0 Å². The molecule has 1 fully saturated rings. The smallest absolute Gasteiger partial charge is 0.0367 e. The first kappa shape index (κ1) is 13.8. The first-order valence-corrected chi connectivity index (χ1v) is 8.04. The van der Waals surface area contributed by atoms with Crippen molar-refractivity contribution in [3.63, 3.8) is 0 Å². The Kier molecular flexibility index (Phi) is 4.95. The molecule has 0 bridgehead atoms. The molecule has 0 amide bonds. The third kappa shape index (κ3) is 3.66. The molecule has 1 aromatic carbocycles. The third-order valence-corrected chi connectivity index (χ3v) is 4.19. The van der Waals surface area contributed by atoms with E-state index in [4.69, 9.17) is 0 Å². The maximum Gasteiger partial charge on any atom is 0.0367 e. The quantitative estimate of drug-likeness (QED) is 0.841. The Balaban J connectivity index is 1.98. The summed E-state index contributed by atoms with van der Waals surface area (Å²) in [7, 11) is 0. The van der Waals surface area contributed by atoms with Gasteiger partial charge in [0.05, 0.1) is 0 Å². The molecule has 0 radical (unpaired) electrons. The molecule has 1 N–H and O–H groups in total. The molecule has 18 heavy (non-hydrogen) atoms. The van der Waals surface area contributed by atoms with Crippen LogP contribution < -0.4 is 10.2 Å². The standard InChI is InChI=1S/C15H24N2S/c1-12(2)10-13-11-17(9-8-16-13)14-4-6-15(18-3)7-5-14/h4-7,12-13,16H,8-11H2,1-3H3. The summed E-state index contributed by atoms with van der Waals surface area (Å²) < 4.78 is 0. The zero-order chi connectivity index (χ0) is 13.0. The van der Waals surface area contributed by atoms with E-state index in [1.165, 1.54) is 17.0 Å². The van der Waals surface area contributed by atoms with Crippen LogP contribution in [0.3, 0.4) is 0 Å². The van der Waals surface area contributed by atoms with Crippen molar-refractivity contribution in [1.29, 1.82) is 0 Å². The lowest BCUT2D eigenvalue weighted by Gasteiger charge is -2.36. The van der Waals surface area contributed by atoms with Crippen molar-refractivity contribution >= 4 is 17.4 Å². The first-order chi connectivity index (χ1) is 8.69. The lowest BCUT2D eigenvalue weighted by atomic mass is 10.0. The molecule has 3 heteroatoms. The minimum absolute atomic E-state index is 0.638. The number of rotatable bonds is 4. The molecule has 0 aromatic heterocycles. The van der Waals surface area contributed by atoms with Crippen molar-refractivity contribution in [2.45, 2.75) is 31.2 Å². The maximum atomic E-state index is 3.63. The second-order valence-electron chi connectivity index (χ2n) is 5.42. The number of anilines is 1. The summed E-state index contributed by atoms with van der Waals surface area (Å²) in [4.78, 5) is 3.85. The van der Waals surface area contributed by atoms with Crippen LogP contribution in [0.5, 0.6) is 0 Å². The zero-order valence-corrected chi connectivity index (χ0v) is 12.5. The van der Waals surface area contributed by atoms with Gasteiger partial charge in [-0.25, -0.2) is 0 Å². The molecular weight excluding hydrogens is 240 g/mol. The number of hydrogen-bond acceptors (Lipinski definition) is 3. The molecule has 1 saturated heterocycles. The van der Waals surface area contributed by atoms with Crippen molar-refractivity contribution in [1.82, 2.24) is 5.32 Å². The van der Waals surface area contributed by atoms with E-state index in [1.807, 2.05) is 0 Å². The Morgan fingerprint density at radius 3 is 2.67 bits per heavy atom. The minimum Gasteiger partial charge on any atom is -0.369 e. The Bertz CT molecular complexity index is 361. The van der Waals surface area contributed by atoms with Crippen LogP contribution in [0.25, 0.3) is 0 Å². The van der Waals surface area contributed by atoms with Gasteiger partial charge in [-0.1, -0.05) is 13.8 Å². The summed E-state index contributed by atoms with van der Waals surface area (Å²) in [5.74, 6) is 0.765. The zero-order valence-electron chi connectivity index (χ0n) is 11.6. The molecule has 1 unspecified atom stereocenters.